The zero-order chi connectivity index (χ0) is 23.4. The number of carbonyl (C=O) groups excluding carboxylic acids is 2. The van der Waals surface area contributed by atoms with E-state index >= 15 is 0 Å². The van der Waals surface area contributed by atoms with Crippen LogP contribution in [0.15, 0.2) is 0 Å². The molecule has 0 saturated heterocycles. The molecule has 0 fully saturated rings. The highest BCUT2D eigenvalue weighted by Crippen LogP contribution is 2.06. The molecular weight excluding hydrogens is 354 g/mol. The summed E-state index contributed by atoms with van der Waals surface area (Å²) >= 11 is 0. The van der Waals surface area contributed by atoms with E-state index in [4.69, 9.17) is 4.74 Å². The minimum absolute atomic E-state index is 0.0556. The van der Waals surface area contributed by atoms with Crippen molar-refractivity contribution >= 4 is 12.3 Å². The van der Waals surface area contributed by atoms with Crippen LogP contribution in [0, 0.1) is 5.92 Å². The fourth-order valence-electron chi connectivity index (χ4n) is 1.39. The molecule has 0 heterocycles. The predicted octanol–water partition coefficient (Wildman–Crippen LogP) is 4.34. The van der Waals surface area contributed by atoms with E-state index in [-0.39, 0.29) is 12.5 Å². The molecular formula is C22H53N3O3. The Kier molecular flexibility index (Phi) is 49.3. The molecule has 0 radical (unpaired) electrons. The molecule has 0 saturated carbocycles. The summed E-state index contributed by atoms with van der Waals surface area (Å²) in [5.74, 6) is 0.522. The van der Waals surface area contributed by atoms with Crippen molar-refractivity contribution in [2.24, 2.45) is 5.92 Å². The van der Waals surface area contributed by atoms with Crippen LogP contribution in [0.2, 0.25) is 0 Å². The molecule has 1 atom stereocenters. The highest BCUT2D eigenvalue weighted by Gasteiger charge is 2.11. The lowest BCUT2D eigenvalue weighted by Crippen LogP contribution is -2.35. The maximum absolute atomic E-state index is 10.2. The zero-order valence-electron chi connectivity index (χ0n) is 21.1. The van der Waals surface area contributed by atoms with Gasteiger partial charge in [0.25, 0.3) is 0 Å². The van der Waals surface area contributed by atoms with E-state index in [0.717, 1.165) is 32.1 Å². The van der Waals surface area contributed by atoms with E-state index in [0.29, 0.717) is 12.5 Å². The first-order valence-corrected chi connectivity index (χ1v) is 11.0. The standard InChI is InChI=1S/C11H25NO.C4H8N2O2.C3H8.2C2H6/c1-6-8-13-9-7-12(5)11(4)10(2)3;1-5-4(8)2-6-3-7;1-3-2;2*1-2/h10-11H,6-9H2,1-5H3;3H,2H2,1H3,(H,5,8)(H,6,7);3H2,1-2H3;2*1-2H3. The number of nitrogens with zero attached hydrogens (tertiary/aromatic N) is 1. The highest BCUT2D eigenvalue weighted by molar-refractivity contribution is 5.79. The van der Waals surface area contributed by atoms with E-state index in [2.05, 4.69) is 64.1 Å². The number of ether oxygens (including phenoxy) is 1. The fraction of sp³-hybridized carbons (Fsp3) is 0.909. The summed E-state index contributed by atoms with van der Waals surface area (Å²) in [6.45, 7) is 24.0. The van der Waals surface area contributed by atoms with Crippen LogP contribution >= 0.6 is 0 Å². The Morgan fingerprint density at radius 1 is 1.04 bits per heavy atom. The quantitative estimate of drug-likeness (QED) is 0.417. The van der Waals surface area contributed by atoms with Gasteiger partial charge in [-0.15, -0.1) is 0 Å². The fourth-order valence-corrected chi connectivity index (χ4v) is 1.39. The Morgan fingerprint density at radius 3 is 1.82 bits per heavy atom. The lowest BCUT2D eigenvalue weighted by Gasteiger charge is -2.27. The molecule has 174 valence electrons. The number of likely N-dealkylation sites (N-methyl/N-ethyl adjacent to an activating group) is 2. The van der Waals surface area contributed by atoms with Gasteiger partial charge in [-0.25, -0.2) is 0 Å². The third-order valence-corrected chi connectivity index (χ3v) is 3.22. The van der Waals surface area contributed by atoms with Crippen LogP contribution in [0.3, 0.4) is 0 Å². The third-order valence-electron chi connectivity index (χ3n) is 3.22. The second-order valence-electron chi connectivity index (χ2n) is 5.96. The first-order valence-electron chi connectivity index (χ1n) is 11.0. The molecule has 2 N–H and O–H groups in total. The van der Waals surface area contributed by atoms with Crippen molar-refractivity contribution in [1.82, 2.24) is 15.5 Å². The number of rotatable bonds is 10. The van der Waals surface area contributed by atoms with Crippen molar-refractivity contribution in [2.45, 2.75) is 88.1 Å². The summed E-state index contributed by atoms with van der Waals surface area (Å²) in [6.07, 6.45) is 2.85. The monoisotopic (exact) mass is 407 g/mol. The molecule has 6 heteroatoms. The van der Waals surface area contributed by atoms with Crippen molar-refractivity contribution in [3.8, 4) is 0 Å². The van der Waals surface area contributed by atoms with E-state index < -0.39 is 0 Å². The third kappa shape index (κ3) is 39.8. The Bertz CT molecular complexity index is 276. The molecule has 0 spiro atoms. The number of hydrogen-bond acceptors (Lipinski definition) is 4. The summed E-state index contributed by atoms with van der Waals surface area (Å²) in [5.41, 5.74) is 0. The molecule has 0 aliphatic heterocycles. The average molecular weight is 408 g/mol. The van der Waals surface area contributed by atoms with Crippen LogP contribution in [0.5, 0.6) is 0 Å². The van der Waals surface area contributed by atoms with E-state index in [1.165, 1.54) is 13.5 Å². The van der Waals surface area contributed by atoms with Gasteiger partial charge >= 0.3 is 0 Å². The molecule has 0 rings (SSSR count). The van der Waals surface area contributed by atoms with Crippen LogP contribution in [-0.4, -0.2) is 63.7 Å². The molecule has 0 aromatic carbocycles. The highest BCUT2D eigenvalue weighted by atomic mass is 16.5. The van der Waals surface area contributed by atoms with Crippen molar-refractivity contribution in [1.29, 1.82) is 0 Å². The predicted molar refractivity (Wildman–Crippen MR) is 125 cm³/mol. The minimum atomic E-state index is -0.197. The molecule has 1 unspecified atom stereocenters. The molecule has 0 aliphatic rings. The van der Waals surface area contributed by atoms with Gasteiger partial charge in [0.1, 0.15) is 0 Å². The first-order chi connectivity index (χ1) is 13.3. The van der Waals surface area contributed by atoms with Crippen molar-refractivity contribution in [3.05, 3.63) is 0 Å². The van der Waals surface area contributed by atoms with Crippen molar-refractivity contribution in [3.63, 3.8) is 0 Å². The first kappa shape index (κ1) is 37.6. The minimum Gasteiger partial charge on any atom is -0.380 e. The summed E-state index contributed by atoms with van der Waals surface area (Å²) in [6, 6.07) is 0.644. The molecule has 0 aromatic heterocycles. The number of carbonyl (C=O) groups is 2. The lowest BCUT2D eigenvalue weighted by molar-refractivity contribution is -0.121. The van der Waals surface area contributed by atoms with Crippen LogP contribution in [-0.2, 0) is 14.3 Å². The molecule has 0 aromatic rings. The summed E-state index contributed by atoms with van der Waals surface area (Å²) < 4.78 is 5.44. The molecule has 6 nitrogen and oxygen atoms in total. The van der Waals surface area contributed by atoms with Crippen LogP contribution in [0.1, 0.15) is 82.1 Å². The van der Waals surface area contributed by atoms with Crippen LogP contribution in [0.4, 0.5) is 0 Å². The van der Waals surface area contributed by atoms with Crippen molar-refractivity contribution < 1.29 is 14.3 Å². The summed E-state index contributed by atoms with van der Waals surface area (Å²) in [4.78, 5) is 22.1. The van der Waals surface area contributed by atoms with E-state index in [9.17, 15) is 9.59 Å². The lowest BCUT2D eigenvalue weighted by atomic mass is 10.1. The van der Waals surface area contributed by atoms with Gasteiger partial charge < -0.3 is 20.3 Å². The van der Waals surface area contributed by atoms with Gasteiger partial charge in [0, 0.05) is 26.2 Å². The summed E-state index contributed by atoms with van der Waals surface area (Å²) in [7, 11) is 3.68. The van der Waals surface area contributed by atoms with Gasteiger partial charge in [-0.3, -0.25) is 9.59 Å². The van der Waals surface area contributed by atoms with Gasteiger partial charge in [-0.2, -0.15) is 0 Å². The van der Waals surface area contributed by atoms with Crippen LogP contribution in [0.25, 0.3) is 0 Å². The smallest absolute Gasteiger partial charge is 0.239 e. The Hall–Kier alpha value is -1.14. The SMILES string of the molecule is CC.CC.CCC.CCCOCCN(C)C(C)C(C)C.CNC(=O)CNC=O. The molecule has 2 amide bonds. The van der Waals surface area contributed by atoms with Gasteiger partial charge in [-0.1, -0.05) is 68.7 Å². The Balaban J connectivity index is -0.000000100. The zero-order valence-corrected chi connectivity index (χ0v) is 21.1. The normalized spacial score (nSPS) is 9.79. The topological polar surface area (TPSA) is 70.7 Å². The Morgan fingerprint density at radius 2 is 1.50 bits per heavy atom. The average Bonchev–Trinajstić information content (AvgIpc) is 2.72. The van der Waals surface area contributed by atoms with Gasteiger partial charge in [0.15, 0.2) is 0 Å². The largest absolute Gasteiger partial charge is 0.380 e. The number of amides is 2. The van der Waals surface area contributed by atoms with Crippen LogP contribution < -0.4 is 10.6 Å². The maximum atomic E-state index is 10.2. The van der Waals surface area contributed by atoms with Crippen molar-refractivity contribution in [2.75, 3.05) is 40.4 Å². The number of hydrogen-bond donors (Lipinski definition) is 2. The molecule has 0 aliphatic carbocycles. The number of nitrogens with one attached hydrogen (secondary N) is 2. The second-order valence-corrected chi connectivity index (χ2v) is 5.96. The van der Waals surface area contributed by atoms with Gasteiger partial charge in [0.2, 0.25) is 12.3 Å². The molecule has 28 heavy (non-hydrogen) atoms. The Labute approximate surface area is 177 Å². The maximum Gasteiger partial charge on any atom is 0.239 e. The second kappa shape index (κ2) is 36.7. The van der Waals surface area contributed by atoms with Gasteiger partial charge in [-0.05, 0) is 26.3 Å². The molecule has 0 bridgehead atoms. The summed E-state index contributed by atoms with van der Waals surface area (Å²) in [5, 5.41) is 4.55. The van der Waals surface area contributed by atoms with E-state index in [1.807, 2.05) is 27.7 Å². The van der Waals surface area contributed by atoms with E-state index in [1.54, 1.807) is 0 Å². The van der Waals surface area contributed by atoms with Gasteiger partial charge in [0.05, 0.1) is 13.2 Å².